The van der Waals surface area contributed by atoms with Gasteiger partial charge in [0.15, 0.2) is 5.76 Å². The zero-order valence-corrected chi connectivity index (χ0v) is 12.7. The summed E-state index contributed by atoms with van der Waals surface area (Å²) in [5, 5.41) is 6.62. The third kappa shape index (κ3) is 3.29. The quantitative estimate of drug-likeness (QED) is 0.937. The topological polar surface area (TPSA) is 55.1 Å². The summed E-state index contributed by atoms with van der Waals surface area (Å²) in [4.78, 5) is 12.3. The van der Waals surface area contributed by atoms with E-state index in [0.717, 1.165) is 0 Å². The highest BCUT2D eigenvalue weighted by Gasteiger charge is 2.22. The molecule has 1 amide bonds. The number of halogens is 1. The van der Waals surface area contributed by atoms with Crippen LogP contribution in [-0.2, 0) is 6.54 Å². The van der Waals surface area contributed by atoms with Crippen LogP contribution >= 0.6 is 0 Å². The van der Waals surface area contributed by atoms with Gasteiger partial charge in [0.2, 0.25) is 0 Å². The van der Waals surface area contributed by atoms with Gasteiger partial charge in [-0.1, -0.05) is 31.1 Å². The maximum Gasteiger partial charge on any atom is 0.257 e. The van der Waals surface area contributed by atoms with Crippen molar-refractivity contribution in [2.45, 2.75) is 40.2 Å². The minimum Gasteiger partial charge on any atom is -0.360 e. The summed E-state index contributed by atoms with van der Waals surface area (Å²) >= 11 is 0. The summed E-state index contributed by atoms with van der Waals surface area (Å²) in [6.07, 6.45) is 0. The van der Waals surface area contributed by atoms with Gasteiger partial charge in [-0.15, -0.1) is 0 Å². The van der Waals surface area contributed by atoms with E-state index < -0.39 is 0 Å². The number of aryl methyl sites for hydroxylation is 2. The standard InChI is InChI=1S/C16H19FN2O2/c1-9(2)15-14(11(4)19-21-15)16(20)18-8-12-6-5-10(3)13(17)7-12/h5-7,9H,8H2,1-4H3,(H,18,20). The van der Waals surface area contributed by atoms with E-state index in [-0.39, 0.29) is 24.2 Å². The van der Waals surface area contributed by atoms with Gasteiger partial charge in [0, 0.05) is 12.5 Å². The second-order valence-corrected chi connectivity index (χ2v) is 5.43. The molecule has 0 saturated heterocycles. The van der Waals surface area contributed by atoms with E-state index in [4.69, 9.17) is 4.52 Å². The third-order valence-corrected chi connectivity index (χ3v) is 3.33. The van der Waals surface area contributed by atoms with Gasteiger partial charge in [0.05, 0.1) is 5.69 Å². The predicted octanol–water partition coefficient (Wildman–Crippen LogP) is 3.48. The van der Waals surface area contributed by atoms with E-state index >= 15 is 0 Å². The smallest absolute Gasteiger partial charge is 0.257 e. The number of rotatable bonds is 4. The van der Waals surface area contributed by atoms with E-state index in [0.29, 0.717) is 28.1 Å². The van der Waals surface area contributed by atoms with E-state index in [2.05, 4.69) is 10.5 Å². The zero-order chi connectivity index (χ0) is 15.6. The third-order valence-electron chi connectivity index (χ3n) is 3.33. The van der Waals surface area contributed by atoms with Crippen molar-refractivity contribution in [3.05, 3.63) is 52.2 Å². The lowest BCUT2D eigenvalue weighted by molar-refractivity contribution is 0.0948. The number of nitrogens with one attached hydrogen (secondary N) is 1. The molecule has 0 fully saturated rings. The Morgan fingerprint density at radius 3 is 2.71 bits per heavy atom. The van der Waals surface area contributed by atoms with Crippen molar-refractivity contribution in [3.8, 4) is 0 Å². The van der Waals surface area contributed by atoms with Crippen LogP contribution in [0, 0.1) is 19.7 Å². The number of nitrogens with zero attached hydrogens (tertiary/aromatic N) is 1. The first-order valence-electron chi connectivity index (χ1n) is 6.89. The number of benzene rings is 1. The molecule has 2 rings (SSSR count). The first-order valence-corrected chi connectivity index (χ1v) is 6.89. The molecule has 1 heterocycles. The molecule has 1 aromatic heterocycles. The van der Waals surface area contributed by atoms with Crippen LogP contribution in [0.3, 0.4) is 0 Å². The second kappa shape index (κ2) is 6.08. The van der Waals surface area contributed by atoms with Gasteiger partial charge in [0.25, 0.3) is 5.91 Å². The van der Waals surface area contributed by atoms with Crippen LogP contribution in [0.4, 0.5) is 4.39 Å². The molecule has 4 nitrogen and oxygen atoms in total. The average Bonchev–Trinajstić information content (AvgIpc) is 2.82. The van der Waals surface area contributed by atoms with Crippen LogP contribution in [0.25, 0.3) is 0 Å². The normalized spacial score (nSPS) is 11.0. The van der Waals surface area contributed by atoms with Gasteiger partial charge < -0.3 is 9.84 Å². The molecule has 0 aliphatic rings. The Hall–Kier alpha value is -2.17. The van der Waals surface area contributed by atoms with Gasteiger partial charge in [-0.2, -0.15) is 0 Å². The van der Waals surface area contributed by atoms with Crippen LogP contribution in [0.5, 0.6) is 0 Å². The molecule has 1 aromatic carbocycles. The molecule has 0 atom stereocenters. The fourth-order valence-electron chi connectivity index (χ4n) is 2.07. The molecule has 0 aliphatic carbocycles. The number of carbonyl (C=O) groups is 1. The molecule has 5 heteroatoms. The first-order chi connectivity index (χ1) is 9.90. The fraction of sp³-hybridized carbons (Fsp3) is 0.375. The lowest BCUT2D eigenvalue weighted by Gasteiger charge is -2.08. The summed E-state index contributed by atoms with van der Waals surface area (Å²) in [5.41, 5.74) is 2.33. The summed E-state index contributed by atoms with van der Waals surface area (Å²) in [6.45, 7) is 7.57. The van der Waals surface area contributed by atoms with Gasteiger partial charge in [0.1, 0.15) is 11.4 Å². The van der Waals surface area contributed by atoms with Crippen molar-refractivity contribution in [1.82, 2.24) is 10.5 Å². The van der Waals surface area contributed by atoms with Crippen LogP contribution in [-0.4, -0.2) is 11.1 Å². The molecule has 1 N–H and O–H groups in total. The van der Waals surface area contributed by atoms with Crippen molar-refractivity contribution in [2.24, 2.45) is 0 Å². The van der Waals surface area contributed by atoms with Crippen LogP contribution in [0.2, 0.25) is 0 Å². The minimum absolute atomic E-state index is 0.0729. The summed E-state index contributed by atoms with van der Waals surface area (Å²) in [7, 11) is 0. The van der Waals surface area contributed by atoms with Crippen molar-refractivity contribution in [1.29, 1.82) is 0 Å². The average molecular weight is 290 g/mol. The molecule has 0 bridgehead atoms. The Balaban J connectivity index is 2.12. The molecule has 0 aliphatic heterocycles. The Morgan fingerprint density at radius 1 is 1.38 bits per heavy atom. The second-order valence-electron chi connectivity index (χ2n) is 5.43. The van der Waals surface area contributed by atoms with Crippen molar-refractivity contribution in [3.63, 3.8) is 0 Å². The number of amides is 1. The number of hydrogen-bond donors (Lipinski definition) is 1. The van der Waals surface area contributed by atoms with E-state index in [9.17, 15) is 9.18 Å². The molecule has 0 unspecified atom stereocenters. The first kappa shape index (κ1) is 15.2. The summed E-state index contributed by atoms with van der Waals surface area (Å²) in [5.74, 6) is 0.119. The molecular weight excluding hydrogens is 271 g/mol. The van der Waals surface area contributed by atoms with Crippen molar-refractivity contribution < 1.29 is 13.7 Å². The maximum absolute atomic E-state index is 13.5. The molecule has 0 radical (unpaired) electrons. The van der Waals surface area contributed by atoms with Crippen molar-refractivity contribution >= 4 is 5.91 Å². The van der Waals surface area contributed by atoms with E-state index in [1.807, 2.05) is 13.8 Å². The van der Waals surface area contributed by atoms with Gasteiger partial charge in [-0.3, -0.25) is 4.79 Å². The number of carbonyl (C=O) groups excluding carboxylic acids is 1. The summed E-state index contributed by atoms with van der Waals surface area (Å²) < 4.78 is 18.7. The SMILES string of the molecule is Cc1ccc(CNC(=O)c2c(C)noc2C(C)C)cc1F. The fourth-order valence-corrected chi connectivity index (χ4v) is 2.07. The lowest BCUT2D eigenvalue weighted by atomic mass is 10.0. The highest BCUT2D eigenvalue weighted by atomic mass is 19.1. The molecule has 21 heavy (non-hydrogen) atoms. The summed E-state index contributed by atoms with van der Waals surface area (Å²) in [6, 6.07) is 4.92. The highest BCUT2D eigenvalue weighted by molar-refractivity contribution is 5.96. The predicted molar refractivity (Wildman–Crippen MR) is 77.6 cm³/mol. The van der Waals surface area contributed by atoms with Crippen LogP contribution in [0.15, 0.2) is 22.7 Å². The van der Waals surface area contributed by atoms with E-state index in [1.54, 1.807) is 26.0 Å². The van der Waals surface area contributed by atoms with Crippen LogP contribution in [0.1, 0.15) is 52.7 Å². The van der Waals surface area contributed by atoms with Crippen molar-refractivity contribution in [2.75, 3.05) is 0 Å². The molecular formula is C16H19FN2O2. The minimum atomic E-state index is -0.272. The Kier molecular flexibility index (Phi) is 4.40. The van der Waals surface area contributed by atoms with Crippen LogP contribution < -0.4 is 5.32 Å². The van der Waals surface area contributed by atoms with E-state index in [1.165, 1.54) is 6.07 Å². The number of aromatic nitrogens is 1. The largest absolute Gasteiger partial charge is 0.360 e. The monoisotopic (exact) mass is 290 g/mol. The van der Waals surface area contributed by atoms with Gasteiger partial charge in [-0.05, 0) is 31.0 Å². The molecule has 0 spiro atoms. The Morgan fingerprint density at radius 2 is 2.10 bits per heavy atom. The Bertz CT molecular complexity index is 662. The van der Waals surface area contributed by atoms with Gasteiger partial charge in [-0.25, -0.2) is 4.39 Å². The number of hydrogen-bond acceptors (Lipinski definition) is 3. The lowest BCUT2D eigenvalue weighted by Crippen LogP contribution is -2.24. The van der Waals surface area contributed by atoms with Gasteiger partial charge >= 0.3 is 0 Å². The highest BCUT2D eigenvalue weighted by Crippen LogP contribution is 2.22. The molecule has 2 aromatic rings. The zero-order valence-electron chi connectivity index (χ0n) is 12.7. The maximum atomic E-state index is 13.5. The molecule has 112 valence electrons. The molecule has 0 saturated carbocycles. The Labute approximate surface area is 123 Å².